The zero-order valence-corrected chi connectivity index (χ0v) is 23.2. The first kappa shape index (κ1) is 26.4. The number of fused-ring (bicyclic) bond motifs is 2. The fraction of sp³-hybridized carbons (Fsp3) is 0.281. The van der Waals surface area contributed by atoms with Crippen molar-refractivity contribution >= 4 is 40.1 Å². The Balaban J connectivity index is 1.28. The highest BCUT2D eigenvalue weighted by Crippen LogP contribution is 2.35. The Bertz CT molecular complexity index is 1630. The Labute approximate surface area is 238 Å². The maximum Gasteiger partial charge on any atom is 0.326 e. The van der Waals surface area contributed by atoms with Gasteiger partial charge in [0.05, 0.1) is 18.0 Å². The molecule has 0 radical (unpaired) electrons. The van der Waals surface area contributed by atoms with Crippen LogP contribution in [0, 0.1) is 0 Å². The second kappa shape index (κ2) is 11.0. The van der Waals surface area contributed by atoms with Crippen LogP contribution in [0.25, 0.3) is 22.0 Å². The van der Waals surface area contributed by atoms with Gasteiger partial charge in [-0.2, -0.15) is 0 Å². The minimum absolute atomic E-state index is 0.0879. The molecule has 9 heteroatoms. The zero-order chi connectivity index (χ0) is 28.5. The average Bonchev–Trinajstić information content (AvgIpc) is 3.49. The Hall–Kier alpha value is -4.79. The molecule has 0 saturated carbocycles. The molecule has 2 aliphatic rings. The number of imide groups is 1. The number of nitrogens with zero attached hydrogens (tertiary/aromatic N) is 3. The predicted molar refractivity (Wildman–Crippen MR) is 159 cm³/mol. The molecule has 6 rings (SSSR count). The van der Waals surface area contributed by atoms with Crippen LogP contribution in [-0.4, -0.2) is 72.0 Å². The van der Waals surface area contributed by atoms with Crippen molar-refractivity contribution in [1.29, 1.82) is 0 Å². The van der Waals surface area contributed by atoms with E-state index in [-0.39, 0.29) is 30.4 Å². The molecule has 41 heavy (non-hydrogen) atoms. The van der Waals surface area contributed by atoms with Crippen LogP contribution >= 0.6 is 0 Å². The third-order valence-electron chi connectivity index (χ3n) is 7.81. The third kappa shape index (κ3) is 5.23. The SMILES string of the molecule is C[C@H]1CCN(C(=O)c2ccc(-c3ccc4[nH]ccc4c3)c(OCCCN3CC(=O)N(C)C3=O)c2)c2ccccc2N1. The normalized spacial score (nSPS) is 17.0. The third-order valence-corrected chi connectivity index (χ3v) is 7.81. The summed E-state index contributed by atoms with van der Waals surface area (Å²) in [5.41, 5.74) is 5.24. The van der Waals surface area contributed by atoms with Gasteiger partial charge in [0.2, 0.25) is 5.91 Å². The van der Waals surface area contributed by atoms with Gasteiger partial charge in [0.25, 0.3) is 5.91 Å². The van der Waals surface area contributed by atoms with Gasteiger partial charge >= 0.3 is 6.03 Å². The van der Waals surface area contributed by atoms with Crippen LogP contribution in [0.3, 0.4) is 0 Å². The van der Waals surface area contributed by atoms with Crippen LogP contribution in [0.2, 0.25) is 0 Å². The van der Waals surface area contributed by atoms with E-state index in [2.05, 4.69) is 23.3 Å². The number of carbonyl (C=O) groups excluding carboxylic acids is 3. The van der Waals surface area contributed by atoms with Crippen molar-refractivity contribution in [2.75, 3.05) is 43.5 Å². The second-order valence-corrected chi connectivity index (χ2v) is 10.7. The summed E-state index contributed by atoms with van der Waals surface area (Å²) >= 11 is 0. The van der Waals surface area contributed by atoms with Gasteiger partial charge in [0.15, 0.2) is 0 Å². The summed E-state index contributed by atoms with van der Waals surface area (Å²) in [6.45, 7) is 3.55. The topological polar surface area (TPSA) is 98.0 Å². The molecule has 210 valence electrons. The number of nitrogens with one attached hydrogen (secondary N) is 2. The fourth-order valence-corrected chi connectivity index (χ4v) is 5.48. The number of hydrogen-bond donors (Lipinski definition) is 2. The van der Waals surface area contributed by atoms with Gasteiger partial charge in [0, 0.05) is 49.0 Å². The molecule has 2 aliphatic heterocycles. The molecule has 1 atom stereocenters. The first-order valence-corrected chi connectivity index (χ1v) is 14.0. The highest BCUT2D eigenvalue weighted by Gasteiger charge is 2.32. The number of para-hydroxylation sites is 2. The Morgan fingerprint density at radius 1 is 1.05 bits per heavy atom. The lowest BCUT2D eigenvalue weighted by Gasteiger charge is -2.23. The molecule has 0 aliphatic carbocycles. The van der Waals surface area contributed by atoms with E-state index in [4.69, 9.17) is 4.74 Å². The van der Waals surface area contributed by atoms with Gasteiger partial charge in [-0.1, -0.05) is 18.2 Å². The van der Waals surface area contributed by atoms with Gasteiger partial charge in [0.1, 0.15) is 12.3 Å². The number of H-pyrrole nitrogens is 1. The van der Waals surface area contributed by atoms with Crippen molar-refractivity contribution in [2.24, 2.45) is 0 Å². The monoisotopic (exact) mass is 551 g/mol. The molecule has 0 bridgehead atoms. The van der Waals surface area contributed by atoms with E-state index in [9.17, 15) is 14.4 Å². The van der Waals surface area contributed by atoms with E-state index in [0.29, 0.717) is 37.4 Å². The summed E-state index contributed by atoms with van der Waals surface area (Å²) in [5, 5.41) is 4.59. The minimum atomic E-state index is -0.287. The summed E-state index contributed by atoms with van der Waals surface area (Å²) < 4.78 is 6.30. The number of likely N-dealkylation sites (N-methyl/N-ethyl adjacent to an activating group) is 1. The van der Waals surface area contributed by atoms with Gasteiger partial charge < -0.3 is 24.8 Å². The van der Waals surface area contributed by atoms with E-state index in [1.807, 2.05) is 71.8 Å². The van der Waals surface area contributed by atoms with Crippen molar-refractivity contribution in [3.8, 4) is 16.9 Å². The second-order valence-electron chi connectivity index (χ2n) is 10.7. The smallest absolute Gasteiger partial charge is 0.326 e. The molecule has 9 nitrogen and oxygen atoms in total. The summed E-state index contributed by atoms with van der Waals surface area (Å²) in [4.78, 5) is 45.8. The van der Waals surface area contributed by atoms with E-state index < -0.39 is 0 Å². The maximum atomic E-state index is 13.9. The molecule has 1 fully saturated rings. The lowest BCUT2D eigenvalue weighted by atomic mass is 10.0. The number of aromatic amines is 1. The molecule has 0 unspecified atom stereocenters. The van der Waals surface area contributed by atoms with Crippen LogP contribution < -0.4 is 15.0 Å². The zero-order valence-electron chi connectivity index (χ0n) is 23.2. The molecule has 3 heterocycles. The van der Waals surface area contributed by atoms with Crippen molar-refractivity contribution in [1.82, 2.24) is 14.8 Å². The van der Waals surface area contributed by atoms with Crippen LogP contribution in [0.15, 0.2) is 72.9 Å². The molecular weight excluding hydrogens is 518 g/mol. The molecule has 4 aromatic rings. The lowest BCUT2D eigenvalue weighted by Crippen LogP contribution is -2.32. The molecule has 0 spiro atoms. The number of urea groups is 1. The number of carbonyl (C=O) groups is 3. The fourth-order valence-electron chi connectivity index (χ4n) is 5.48. The Kier molecular flexibility index (Phi) is 7.09. The first-order valence-electron chi connectivity index (χ1n) is 14.0. The molecule has 1 saturated heterocycles. The molecule has 4 amide bonds. The summed E-state index contributed by atoms with van der Waals surface area (Å²) in [6, 6.07) is 21.7. The van der Waals surface area contributed by atoms with E-state index >= 15 is 0 Å². The van der Waals surface area contributed by atoms with Crippen molar-refractivity contribution in [3.05, 3.63) is 78.5 Å². The number of hydrogen-bond acceptors (Lipinski definition) is 5. The van der Waals surface area contributed by atoms with E-state index in [0.717, 1.165) is 44.7 Å². The number of anilines is 2. The van der Waals surface area contributed by atoms with E-state index in [1.54, 1.807) is 0 Å². The first-order chi connectivity index (χ1) is 19.9. The number of rotatable bonds is 7. The van der Waals surface area contributed by atoms with Gasteiger partial charge in [-0.05, 0) is 79.2 Å². The van der Waals surface area contributed by atoms with Crippen LogP contribution in [0.4, 0.5) is 16.2 Å². The molecule has 1 aromatic heterocycles. The summed E-state index contributed by atoms with van der Waals surface area (Å²) in [5.74, 6) is 0.306. The Morgan fingerprint density at radius 3 is 2.73 bits per heavy atom. The number of ether oxygens (including phenoxy) is 1. The van der Waals surface area contributed by atoms with Crippen LogP contribution in [0.1, 0.15) is 30.1 Å². The lowest BCUT2D eigenvalue weighted by molar-refractivity contribution is -0.124. The largest absolute Gasteiger partial charge is 0.493 e. The highest BCUT2D eigenvalue weighted by molar-refractivity contribution is 6.08. The van der Waals surface area contributed by atoms with E-state index in [1.165, 1.54) is 11.9 Å². The van der Waals surface area contributed by atoms with Gasteiger partial charge in [-0.25, -0.2) is 4.79 Å². The van der Waals surface area contributed by atoms with Crippen molar-refractivity contribution < 1.29 is 19.1 Å². The maximum absolute atomic E-state index is 13.9. The quantitative estimate of drug-likeness (QED) is 0.238. The predicted octanol–water partition coefficient (Wildman–Crippen LogP) is 5.35. The van der Waals surface area contributed by atoms with Gasteiger partial charge in [-0.15, -0.1) is 0 Å². The average molecular weight is 552 g/mol. The number of aromatic nitrogens is 1. The standard InChI is InChI=1S/C32H33N5O4/c1-21-13-16-37(28-7-4-3-6-27(28)34-21)31(39)24-8-10-25(22-9-11-26-23(18-22)12-14-33-26)29(19-24)41-17-5-15-36-20-30(38)35(2)32(36)40/h3-4,6-12,14,18-19,21,33-34H,5,13,15-17,20H2,1-2H3/t21-/m0/s1. The Morgan fingerprint density at radius 2 is 1.90 bits per heavy atom. The van der Waals surface area contributed by atoms with Crippen molar-refractivity contribution in [2.45, 2.75) is 25.8 Å². The number of amides is 4. The molecular formula is C32H33N5O4. The minimum Gasteiger partial charge on any atom is -0.493 e. The molecule has 3 aromatic carbocycles. The van der Waals surface area contributed by atoms with Crippen LogP contribution in [0.5, 0.6) is 5.75 Å². The number of benzene rings is 3. The van der Waals surface area contributed by atoms with Gasteiger partial charge in [-0.3, -0.25) is 14.5 Å². The van der Waals surface area contributed by atoms with Crippen molar-refractivity contribution in [3.63, 3.8) is 0 Å². The highest BCUT2D eigenvalue weighted by atomic mass is 16.5. The van der Waals surface area contributed by atoms with Crippen LogP contribution in [-0.2, 0) is 4.79 Å². The summed E-state index contributed by atoms with van der Waals surface area (Å²) in [7, 11) is 1.50. The summed E-state index contributed by atoms with van der Waals surface area (Å²) in [6.07, 6.45) is 3.28. The molecule has 2 N–H and O–H groups in total.